The summed E-state index contributed by atoms with van der Waals surface area (Å²) in [7, 11) is 3.00. The first-order chi connectivity index (χ1) is 13.6. The van der Waals surface area contributed by atoms with Gasteiger partial charge in [-0.25, -0.2) is 14.8 Å². The van der Waals surface area contributed by atoms with Crippen molar-refractivity contribution in [2.24, 2.45) is 0 Å². The van der Waals surface area contributed by atoms with E-state index in [4.69, 9.17) is 9.47 Å². The zero-order chi connectivity index (χ0) is 19.9. The highest BCUT2D eigenvalue weighted by molar-refractivity contribution is 5.96. The first kappa shape index (κ1) is 19.2. The lowest BCUT2D eigenvalue weighted by molar-refractivity contribution is 0.0602. The van der Waals surface area contributed by atoms with Crippen LogP contribution in [0.5, 0.6) is 5.75 Å². The molecule has 144 valence electrons. The number of methoxy groups -OCH3 is 2. The van der Waals surface area contributed by atoms with Gasteiger partial charge in [-0.1, -0.05) is 24.3 Å². The molecule has 0 saturated heterocycles. The van der Waals surface area contributed by atoms with E-state index >= 15 is 0 Å². The quantitative estimate of drug-likeness (QED) is 0.602. The van der Waals surface area contributed by atoms with E-state index in [1.54, 1.807) is 31.4 Å². The third kappa shape index (κ3) is 4.76. The van der Waals surface area contributed by atoms with Gasteiger partial charge in [-0.3, -0.25) is 0 Å². The lowest BCUT2D eigenvalue weighted by Gasteiger charge is -2.12. The Kier molecular flexibility index (Phi) is 6.06. The Morgan fingerprint density at radius 2 is 1.71 bits per heavy atom. The number of ether oxygens (including phenoxy) is 2. The molecule has 0 bridgehead atoms. The molecule has 2 N–H and O–H groups in total. The summed E-state index contributed by atoms with van der Waals surface area (Å²) in [4.78, 5) is 20.8. The van der Waals surface area contributed by atoms with Gasteiger partial charge in [0.05, 0.1) is 25.5 Å². The molecule has 0 aliphatic rings. The molecule has 3 rings (SSSR count). The number of carbonyl (C=O) groups excluding carboxylic acids is 1. The molecule has 1 heterocycles. The number of benzene rings is 2. The van der Waals surface area contributed by atoms with Gasteiger partial charge in [-0.05, 0) is 36.8 Å². The van der Waals surface area contributed by atoms with Crippen molar-refractivity contribution < 1.29 is 14.3 Å². The van der Waals surface area contributed by atoms with Crippen molar-refractivity contribution in [2.45, 2.75) is 13.5 Å². The summed E-state index contributed by atoms with van der Waals surface area (Å²) in [6.45, 7) is 2.43. The second-order valence-corrected chi connectivity index (χ2v) is 6.05. The van der Waals surface area contributed by atoms with Crippen LogP contribution in [-0.2, 0) is 11.3 Å². The van der Waals surface area contributed by atoms with Crippen molar-refractivity contribution in [1.82, 2.24) is 9.97 Å². The van der Waals surface area contributed by atoms with Gasteiger partial charge in [-0.15, -0.1) is 0 Å². The topological polar surface area (TPSA) is 85.4 Å². The van der Waals surface area contributed by atoms with Crippen LogP contribution in [0.4, 0.5) is 17.3 Å². The third-order valence-corrected chi connectivity index (χ3v) is 4.07. The van der Waals surface area contributed by atoms with E-state index in [1.807, 2.05) is 37.3 Å². The fourth-order valence-electron chi connectivity index (χ4n) is 2.68. The SMILES string of the molecule is COC(=O)c1ccccc1Nc1cc(NCc2ccc(OC)cc2)nc(C)n1. The van der Waals surface area contributed by atoms with Gasteiger partial charge >= 0.3 is 5.97 Å². The molecule has 0 amide bonds. The van der Waals surface area contributed by atoms with Crippen LogP contribution in [0, 0.1) is 6.92 Å². The van der Waals surface area contributed by atoms with Gasteiger partial charge in [-0.2, -0.15) is 0 Å². The molecule has 0 saturated carbocycles. The second-order valence-electron chi connectivity index (χ2n) is 6.05. The summed E-state index contributed by atoms with van der Waals surface area (Å²) in [5, 5.41) is 6.46. The van der Waals surface area contributed by atoms with Gasteiger partial charge < -0.3 is 20.1 Å². The number of para-hydroxylation sites is 1. The summed E-state index contributed by atoms with van der Waals surface area (Å²) in [5.41, 5.74) is 2.16. The fraction of sp³-hybridized carbons (Fsp3) is 0.190. The van der Waals surface area contributed by atoms with Crippen molar-refractivity contribution in [3.63, 3.8) is 0 Å². The molecule has 28 heavy (non-hydrogen) atoms. The van der Waals surface area contributed by atoms with Crippen LogP contribution in [0.25, 0.3) is 0 Å². The van der Waals surface area contributed by atoms with Gasteiger partial charge in [0, 0.05) is 12.6 Å². The number of aryl methyl sites for hydroxylation is 1. The zero-order valence-corrected chi connectivity index (χ0v) is 16.0. The van der Waals surface area contributed by atoms with E-state index in [0.717, 1.165) is 11.3 Å². The first-order valence-electron chi connectivity index (χ1n) is 8.76. The average molecular weight is 378 g/mol. The summed E-state index contributed by atoms with van der Waals surface area (Å²) >= 11 is 0. The predicted octanol–water partition coefficient (Wildman–Crippen LogP) is 3.94. The lowest BCUT2D eigenvalue weighted by Crippen LogP contribution is -2.08. The molecule has 0 atom stereocenters. The monoisotopic (exact) mass is 378 g/mol. The van der Waals surface area contributed by atoms with Crippen molar-refractivity contribution >= 4 is 23.3 Å². The predicted molar refractivity (Wildman–Crippen MR) is 108 cm³/mol. The number of hydrogen-bond acceptors (Lipinski definition) is 7. The summed E-state index contributed by atoms with van der Waals surface area (Å²) in [5.74, 6) is 2.28. The highest BCUT2D eigenvalue weighted by Crippen LogP contribution is 2.22. The van der Waals surface area contributed by atoms with Crippen molar-refractivity contribution in [1.29, 1.82) is 0 Å². The van der Waals surface area contributed by atoms with Crippen LogP contribution in [0.1, 0.15) is 21.7 Å². The molecule has 7 heteroatoms. The molecule has 0 unspecified atom stereocenters. The molecule has 1 aromatic heterocycles. The standard InChI is InChI=1S/C21H22N4O3/c1-14-23-19(22-13-15-8-10-16(27-2)11-9-15)12-20(24-14)25-18-7-5-4-6-17(18)21(26)28-3/h4-12H,13H2,1-3H3,(H2,22,23,24,25). The third-order valence-electron chi connectivity index (χ3n) is 4.07. The van der Waals surface area contributed by atoms with Crippen LogP contribution < -0.4 is 15.4 Å². The molecular formula is C21H22N4O3. The first-order valence-corrected chi connectivity index (χ1v) is 8.76. The maximum absolute atomic E-state index is 11.9. The number of rotatable bonds is 7. The largest absolute Gasteiger partial charge is 0.497 e. The summed E-state index contributed by atoms with van der Waals surface area (Å²) < 4.78 is 10.0. The smallest absolute Gasteiger partial charge is 0.339 e. The normalized spacial score (nSPS) is 10.2. The Bertz CT molecular complexity index is 958. The van der Waals surface area contributed by atoms with Crippen molar-refractivity contribution in [3.8, 4) is 5.75 Å². The Morgan fingerprint density at radius 1 is 1.00 bits per heavy atom. The number of nitrogens with one attached hydrogen (secondary N) is 2. The van der Waals surface area contributed by atoms with Gasteiger partial charge in [0.2, 0.25) is 0 Å². The average Bonchev–Trinajstić information content (AvgIpc) is 2.72. The van der Waals surface area contributed by atoms with E-state index in [9.17, 15) is 4.79 Å². The number of anilines is 3. The minimum Gasteiger partial charge on any atom is -0.497 e. The molecule has 0 aliphatic heterocycles. The van der Waals surface area contributed by atoms with Crippen LogP contribution >= 0.6 is 0 Å². The van der Waals surface area contributed by atoms with Crippen molar-refractivity contribution in [2.75, 3.05) is 24.9 Å². The summed E-state index contributed by atoms with van der Waals surface area (Å²) in [6, 6.07) is 16.7. The van der Waals surface area contributed by atoms with Crippen LogP contribution in [-0.4, -0.2) is 30.2 Å². The highest BCUT2D eigenvalue weighted by atomic mass is 16.5. The van der Waals surface area contributed by atoms with Crippen LogP contribution in [0.3, 0.4) is 0 Å². The molecule has 0 spiro atoms. The van der Waals surface area contributed by atoms with Gasteiger partial charge in [0.25, 0.3) is 0 Å². The molecule has 3 aromatic rings. The van der Waals surface area contributed by atoms with Crippen molar-refractivity contribution in [3.05, 3.63) is 71.5 Å². The van der Waals surface area contributed by atoms with E-state index in [2.05, 4.69) is 20.6 Å². The Morgan fingerprint density at radius 3 is 2.43 bits per heavy atom. The van der Waals surface area contributed by atoms with Crippen LogP contribution in [0.2, 0.25) is 0 Å². The maximum atomic E-state index is 11.9. The Balaban J connectivity index is 1.75. The summed E-state index contributed by atoms with van der Waals surface area (Å²) in [6.07, 6.45) is 0. The number of nitrogens with zero attached hydrogens (tertiary/aromatic N) is 2. The van der Waals surface area contributed by atoms with Crippen LogP contribution in [0.15, 0.2) is 54.6 Å². The molecule has 2 aromatic carbocycles. The maximum Gasteiger partial charge on any atom is 0.339 e. The number of carbonyl (C=O) groups is 1. The number of hydrogen-bond donors (Lipinski definition) is 2. The fourth-order valence-corrected chi connectivity index (χ4v) is 2.68. The number of aromatic nitrogens is 2. The second kappa shape index (κ2) is 8.85. The molecule has 0 fully saturated rings. The van der Waals surface area contributed by atoms with Gasteiger partial charge in [0.15, 0.2) is 0 Å². The van der Waals surface area contributed by atoms with E-state index in [0.29, 0.717) is 35.3 Å². The van der Waals surface area contributed by atoms with E-state index < -0.39 is 5.97 Å². The minimum atomic E-state index is -0.410. The Hall–Kier alpha value is -3.61. The minimum absolute atomic E-state index is 0.410. The number of esters is 1. The molecule has 0 radical (unpaired) electrons. The van der Waals surface area contributed by atoms with E-state index in [-0.39, 0.29) is 0 Å². The lowest BCUT2D eigenvalue weighted by atomic mass is 10.2. The zero-order valence-electron chi connectivity index (χ0n) is 16.0. The van der Waals surface area contributed by atoms with E-state index in [1.165, 1.54) is 7.11 Å². The Labute approximate surface area is 163 Å². The van der Waals surface area contributed by atoms with Gasteiger partial charge in [0.1, 0.15) is 23.2 Å². The molecular weight excluding hydrogens is 356 g/mol. The molecule has 0 aliphatic carbocycles. The molecule has 7 nitrogen and oxygen atoms in total. The highest BCUT2D eigenvalue weighted by Gasteiger charge is 2.12.